The van der Waals surface area contributed by atoms with Crippen LogP contribution in [0.4, 0.5) is 11.6 Å². The Labute approximate surface area is 203 Å². The number of aromatic nitrogens is 2. The molecule has 0 saturated carbocycles. The number of anilines is 2. The minimum Gasteiger partial charge on any atom is -0.497 e. The maximum absolute atomic E-state index is 13.7. The average Bonchev–Trinajstić information content (AvgIpc) is 3.20. The summed E-state index contributed by atoms with van der Waals surface area (Å²) in [4.78, 5) is 11.0. The molecule has 0 radical (unpaired) electrons. The van der Waals surface area contributed by atoms with Crippen molar-refractivity contribution >= 4 is 33.3 Å². The van der Waals surface area contributed by atoms with Gasteiger partial charge in [0, 0.05) is 25.2 Å². The molecule has 1 aromatic heterocycles. The minimum absolute atomic E-state index is 0.171. The Morgan fingerprint density at radius 1 is 1.18 bits per heavy atom. The van der Waals surface area contributed by atoms with E-state index in [9.17, 15) is 8.42 Å². The van der Waals surface area contributed by atoms with Crippen molar-refractivity contribution in [2.75, 3.05) is 37.5 Å². The molecule has 0 unspecified atom stereocenters. The molecule has 2 aliphatic rings. The normalized spacial score (nSPS) is 19.7. The molecule has 2 bridgehead atoms. The summed E-state index contributed by atoms with van der Waals surface area (Å²) in [5.41, 5.74) is 1.63. The molecule has 11 heteroatoms. The summed E-state index contributed by atoms with van der Waals surface area (Å²) in [7, 11) is -0.433. The highest BCUT2D eigenvalue weighted by Crippen LogP contribution is 2.44. The topological polar surface area (TPSA) is 96.9 Å². The van der Waals surface area contributed by atoms with Crippen LogP contribution in [0, 0.1) is 0 Å². The second-order valence-electron chi connectivity index (χ2n) is 8.17. The first-order valence-electron chi connectivity index (χ1n) is 10.7. The molecule has 2 aromatic carbocycles. The first kappa shape index (κ1) is 22.9. The zero-order valence-corrected chi connectivity index (χ0v) is 20.3. The Hall–Kier alpha value is -2.92. The number of benzene rings is 2. The number of nitrogens with zero attached hydrogens (tertiary/aromatic N) is 4. The predicted octanol–water partition coefficient (Wildman–Crippen LogP) is 3.29. The van der Waals surface area contributed by atoms with Crippen LogP contribution < -0.4 is 15.0 Å². The molecular formula is C23H24ClN5O4S. The van der Waals surface area contributed by atoms with E-state index < -0.39 is 16.3 Å². The Kier molecular flexibility index (Phi) is 6.07. The fraction of sp³-hybridized carbons (Fsp3) is 0.304. The standard InChI is InChI=1S/C23H24ClN5O4S/c1-28(12-15-3-5-16(24)6-4-15)22-20-21(26-14-27-22)25-11-17-13-33-23(20)29(17)34(30,31)19-9-7-18(32-2)8-10-19/h3-10,14,17,23H,11-13H2,1-2H3,(H,25,26,27)/t17-,23-/m0/s1. The van der Waals surface area contributed by atoms with Crippen molar-refractivity contribution in [3.63, 3.8) is 0 Å². The van der Waals surface area contributed by atoms with E-state index in [4.69, 9.17) is 21.1 Å². The van der Waals surface area contributed by atoms with Crippen LogP contribution in [-0.4, -0.2) is 56.0 Å². The lowest BCUT2D eigenvalue weighted by Crippen LogP contribution is -2.40. The molecule has 5 rings (SSSR count). The van der Waals surface area contributed by atoms with Crippen molar-refractivity contribution in [2.45, 2.75) is 23.7 Å². The monoisotopic (exact) mass is 501 g/mol. The molecule has 2 aliphatic heterocycles. The number of methoxy groups -OCH3 is 1. The van der Waals surface area contributed by atoms with Crippen molar-refractivity contribution in [3.8, 4) is 5.75 Å². The smallest absolute Gasteiger partial charge is 0.245 e. The third kappa shape index (κ3) is 4.07. The van der Waals surface area contributed by atoms with Crippen LogP contribution in [0.3, 0.4) is 0 Å². The number of nitrogens with one attached hydrogen (secondary N) is 1. The van der Waals surface area contributed by atoms with Gasteiger partial charge in [-0.25, -0.2) is 18.4 Å². The lowest BCUT2D eigenvalue weighted by Gasteiger charge is -2.28. The second-order valence-corrected chi connectivity index (χ2v) is 10.5. The third-order valence-corrected chi connectivity index (χ3v) is 8.15. The summed E-state index contributed by atoms with van der Waals surface area (Å²) in [5.74, 6) is 1.74. The summed E-state index contributed by atoms with van der Waals surface area (Å²) >= 11 is 6.02. The molecule has 9 nitrogen and oxygen atoms in total. The van der Waals surface area contributed by atoms with Crippen molar-refractivity contribution in [3.05, 3.63) is 71.0 Å². The maximum atomic E-state index is 13.7. The number of hydrogen-bond acceptors (Lipinski definition) is 8. The number of ether oxygens (including phenoxy) is 2. The van der Waals surface area contributed by atoms with Gasteiger partial charge in [-0.1, -0.05) is 23.7 Å². The number of fused-ring (bicyclic) bond motifs is 4. The molecule has 0 amide bonds. The molecule has 0 spiro atoms. The highest BCUT2D eigenvalue weighted by Gasteiger charge is 2.48. The van der Waals surface area contributed by atoms with Crippen LogP contribution >= 0.6 is 11.6 Å². The molecular weight excluding hydrogens is 478 g/mol. The van der Waals surface area contributed by atoms with Crippen LogP contribution in [0.2, 0.25) is 5.02 Å². The van der Waals surface area contributed by atoms with Gasteiger partial charge in [-0.3, -0.25) is 0 Å². The van der Waals surface area contributed by atoms with Gasteiger partial charge in [-0.2, -0.15) is 4.31 Å². The van der Waals surface area contributed by atoms with Crippen molar-refractivity contribution in [2.24, 2.45) is 0 Å². The first-order valence-corrected chi connectivity index (χ1v) is 12.5. The number of rotatable bonds is 6. The van der Waals surface area contributed by atoms with Crippen LogP contribution in [0.25, 0.3) is 0 Å². The van der Waals surface area contributed by atoms with Gasteiger partial charge in [0.05, 0.1) is 30.2 Å². The highest BCUT2D eigenvalue weighted by atomic mass is 35.5. The van der Waals surface area contributed by atoms with Crippen LogP contribution in [-0.2, 0) is 21.3 Å². The van der Waals surface area contributed by atoms with E-state index in [0.29, 0.717) is 41.1 Å². The Bertz CT molecular complexity index is 1290. The number of hydrogen-bond donors (Lipinski definition) is 1. The maximum Gasteiger partial charge on any atom is 0.245 e. The average molecular weight is 502 g/mol. The Morgan fingerprint density at radius 2 is 1.91 bits per heavy atom. The first-order chi connectivity index (χ1) is 16.4. The third-order valence-electron chi connectivity index (χ3n) is 5.98. The van der Waals surface area contributed by atoms with Gasteiger partial charge in [-0.05, 0) is 42.0 Å². The molecule has 0 aliphatic carbocycles. The zero-order chi connectivity index (χ0) is 23.9. The molecule has 34 heavy (non-hydrogen) atoms. The molecule has 178 valence electrons. The molecule has 2 atom stereocenters. The fourth-order valence-corrected chi connectivity index (χ4v) is 6.10. The fourth-order valence-electron chi connectivity index (χ4n) is 4.30. The van der Waals surface area contributed by atoms with Gasteiger partial charge in [0.15, 0.2) is 6.23 Å². The zero-order valence-electron chi connectivity index (χ0n) is 18.7. The van der Waals surface area contributed by atoms with Gasteiger partial charge in [0.2, 0.25) is 10.0 Å². The van der Waals surface area contributed by atoms with Crippen LogP contribution in [0.1, 0.15) is 17.4 Å². The van der Waals surface area contributed by atoms with E-state index in [2.05, 4.69) is 15.3 Å². The summed E-state index contributed by atoms with van der Waals surface area (Å²) in [6, 6.07) is 13.5. The highest BCUT2D eigenvalue weighted by molar-refractivity contribution is 7.89. The summed E-state index contributed by atoms with van der Waals surface area (Å²) in [5, 5.41) is 3.96. The molecule has 1 N–H and O–H groups in total. The Morgan fingerprint density at radius 3 is 2.62 bits per heavy atom. The lowest BCUT2D eigenvalue weighted by molar-refractivity contribution is 0.0688. The largest absolute Gasteiger partial charge is 0.497 e. The lowest BCUT2D eigenvalue weighted by atomic mass is 10.2. The van der Waals surface area contributed by atoms with Gasteiger partial charge < -0.3 is 19.7 Å². The molecule has 3 aromatic rings. The predicted molar refractivity (Wildman–Crippen MR) is 129 cm³/mol. The summed E-state index contributed by atoms with van der Waals surface area (Å²) in [6.07, 6.45) is 0.617. The summed E-state index contributed by atoms with van der Waals surface area (Å²) in [6.45, 7) is 1.18. The number of halogens is 1. The van der Waals surface area contributed by atoms with E-state index in [-0.39, 0.29) is 17.5 Å². The number of sulfonamides is 1. The van der Waals surface area contributed by atoms with Gasteiger partial charge >= 0.3 is 0 Å². The van der Waals surface area contributed by atoms with E-state index in [1.54, 1.807) is 24.3 Å². The second kappa shape index (κ2) is 9.03. The van der Waals surface area contributed by atoms with Crippen molar-refractivity contribution in [1.29, 1.82) is 0 Å². The van der Waals surface area contributed by atoms with Gasteiger partial charge in [-0.15, -0.1) is 0 Å². The van der Waals surface area contributed by atoms with E-state index in [1.165, 1.54) is 17.7 Å². The van der Waals surface area contributed by atoms with Crippen molar-refractivity contribution < 1.29 is 17.9 Å². The van der Waals surface area contributed by atoms with Crippen LogP contribution in [0.5, 0.6) is 5.75 Å². The quantitative estimate of drug-likeness (QED) is 0.549. The summed E-state index contributed by atoms with van der Waals surface area (Å²) < 4.78 is 40.1. The molecule has 3 heterocycles. The molecule has 1 saturated heterocycles. The van der Waals surface area contributed by atoms with Gasteiger partial charge in [0.25, 0.3) is 0 Å². The van der Waals surface area contributed by atoms with Crippen molar-refractivity contribution in [1.82, 2.24) is 14.3 Å². The Balaban J connectivity index is 1.53. The minimum atomic E-state index is -3.87. The van der Waals surface area contributed by atoms with E-state index >= 15 is 0 Å². The van der Waals surface area contributed by atoms with Gasteiger partial charge in [0.1, 0.15) is 23.7 Å². The SMILES string of the molecule is COc1ccc(S(=O)(=O)N2[C@H]3CNc4ncnc(N(C)Cc5ccc(Cl)cc5)c4[C@@H]2OC3)cc1. The van der Waals surface area contributed by atoms with Crippen LogP contribution in [0.15, 0.2) is 59.8 Å². The van der Waals surface area contributed by atoms with E-state index in [1.807, 2.05) is 36.2 Å². The molecule has 1 fully saturated rings. The van der Waals surface area contributed by atoms with E-state index in [0.717, 1.165) is 5.56 Å².